The Hall–Kier alpha value is -2.02. The van der Waals surface area contributed by atoms with E-state index < -0.39 is 5.60 Å². The molecule has 2 atom stereocenters. The third-order valence-corrected chi connectivity index (χ3v) is 6.48. The van der Waals surface area contributed by atoms with E-state index in [0.29, 0.717) is 28.8 Å². The molecule has 8 heteroatoms. The number of carbonyl (C=O) groups is 1. The van der Waals surface area contributed by atoms with Crippen molar-refractivity contribution in [2.45, 2.75) is 59.0 Å². The Kier molecular flexibility index (Phi) is 5.60. The zero-order valence-electron chi connectivity index (χ0n) is 18.5. The zero-order valence-corrected chi connectivity index (χ0v) is 19.2. The van der Waals surface area contributed by atoms with Gasteiger partial charge in [0, 0.05) is 31.3 Å². The highest BCUT2D eigenvalue weighted by Crippen LogP contribution is 2.42. The molecule has 30 heavy (non-hydrogen) atoms. The average molecular weight is 434 g/mol. The maximum Gasteiger partial charge on any atom is 0.410 e. The highest BCUT2D eigenvalue weighted by molar-refractivity contribution is 6.29. The molecule has 1 N–H and O–H groups in total. The smallest absolute Gasteiger partial charge is 0.410 e. The fourth-order valence-electron chi connectivity index (χ4n) is 4.85. The van der Waals surface area contributed by atoms with Gasteiger partial charge in [0.25, 0.3) is 0 Å². The highest BCUT2D eigenvalue weighted by Gasteiger charge is 2.44. The minimum atomic E-state index is -0.459. The summed E-state index contributed by atoms with van der Waals surface area (Å²) in [7, 11) is 0. The third-order valence-electron chi connectivity index (χ3n) is 6.29. The molecule has 1 amide bonds. The molecular weight excluding hydrogens is 402 g/mol. The van der Waals surface area contributed by atoms with Crippen LogP contribution in [0.15, 0.2) is 12.3 Å². The molecule has 3 heterocycles. The SMILES string of the molecule is CC(C)c1cnn2c(NCC3C4CCC3CN(C(=O)OC(C)(C)C)C4)cc(Cl)nc12. The number of carbonyl (C=O) groups excluding carboxylic acids is 1. The van der Waals surface area contributed by atoms with Gasteiger partial charge in [0.1, 0.15) is 16.6 Å². The van der Waals surface area contributed by atoms with Crippen molar-refractivity contribution in [1.29, 1.82) is 0 Å². The maximum atomic E-state index is 12.5. The van der Waals surface area contributed by atoms with Crippen LogP contribution in [0.25, 0.3) is 5.65 Å². The Balaban J connectivity index is 1.45. The lowest BCUT2D eigenvalue weighted by Gasteiger charge is -2.38. The zero-order chi connectivity index (χ0) is 21.6. The molecule has 0 spiro atoms. The lowest BCUT2D eigenvalue weighted by atomic mass is 9.85. The van der Waals surface area contributed by atoms with Gasteiger partial charge in [-0.1, -0.05) is 25.4 Å². The molecule has 1 saturated heterocycles. The molecule has 2 aromatic heterocycles. The van der Waals surface area contributed by atoms with Gasteiger partial charge in [-0.25, -0.2) is 9.78 Å². The quantitative estimate of drug-likeness (QED) is 0.700. The van der Waals surface area contributed by atoms with Crippen LogP contribution in [0.1, 0.15) is 58.9 Å². The van der Waals surface area contributed by atoms with Gasteiger partial charge in [0.2, 0.25) is 0 Å². The highest BCUT2D eigenvalue weighted by atomic mass is 35.5. The number of anilines is 1. The molecule has 0 aromatic carbocycles. The number of fused-ring (bicyclic) bond motifs is 3. The molecule has 1 aliphatic carbocycles. The first-order valence-corrected chi connectivity index (χ1v) is 11.3. The van der Waals surface area contributed by atoms with E-state index >= 15 is 0 Å². The van der Waals surface area contributed by atoms with Gasteiger partial charge in [-0.15, -0.1) is 0 Å². The number of rotatable bonds is 4. The van der Waals surface area contributed by atoms with Crippen molar-refractivity contribution in [3.8, 4) is 0 Å². The first-order chi connectivity index (χ1) is 14.1. The number of aromatic nitrogens is 3. The number of hydrogen-bond donors (Lipinski definition) is 1. The second kappa shape index (κ2) is 7.91. The van der Waals surface area contributed by atoms with Crippen LogP contribution >= 0.6 is 11.6 Å². The van der Waals surface area contributed by atoms with Crippen molar-refractivity contribution in [2.24, 2.45) is 17.8 Å². The summed E-state index contributed by atoms with van der Waals surface area (Å²) in [6, 6.07) is 1.84. The minimum absolute atomic E-state index is 0.189. The summed E-state index contributed by atoms with van der Waals surface area (Å²) in [5.41, 5.74) is 1.44. The normalized spacial score (nSPS) is 24.0. The van der Waals surface area contributed by atoms with Crippen molar-refractivity contribution in [3.05, 3.63) is 23.0 Å². The summed E-state index contributed by atoms with van der Waals surface area (Å²) >= 11 is 6.31. The van der Waals surface area contributed by atoms with Gasteiger partial charge >= 0.3 is 6.09 Å². The Morgan fingerprint density at radius 1 is 1.30 bits per heavy atom. The van der Waals surface area contributed by atoms with Crippen LogP contribution in [0, 0.1) is 17.8 Å². The van der Waals surface area contributed by atoms with Crippen LogP contribution in [-0.4, -0.2) is 50.8 Å². The van der Waals surface area contributed by atoms with Crippen LogP contribution in [0.3, 0.4) is 0 Å². The number of halogens is 1. The lowest BCUT2D eigenvalue weighted by molar-refractivity contribution is 0.00895. The summed E-state index contributed by atoms with van der Waals surface area (Å²) in [6.07, 6.45) is 3.99. The number of amides is 1. The van der Waals surface area contributed by atoms with Crippen molar-refractivity contribution in [3.63, 3.8) is 0 Å². The molecule has 1 saturated carbocycles. The largest absolute Gasteiger partial charge is 0.444 e. The van der Waals surface area contributed by atoms with Crippen LogP contribution in [0.2, 0.25) is 5.15 Å². The van der Waals surface area contributed by atoms with Gasteiger partial charge in [0.05, 0.1) is 6.20 Å². The summed E-state index contributed by atoms with van der Waals surface area (Å²) in [5, 5.41) is 8.57. The predicted octanol–water partition coefficient (Wildman–Crippen LogP) is 4.81. The Morgan fingerprint density at radius 3 is 2.57 bits per heavy atom. The van der Waals surface area contributed by atoms with Crippen molar-refractivity contribution < 1.29 is 9.53 Å². The van der Waals surface area contributed by atoms with Gasteiger partial charge in [-0.3, -0.25) is 0 Å². The summed E-state index contributed by atoms with van der Waals surface area (Å²) in [4.78, 5) is 18.9. The van der Waals surface area contributed by atoms with Gasteiger partial charge < -0.3 is 15.0 Å². The van der Waals surface area contributed by atoms with E-state index in [4.69, 9.17) is 16.3 Å². The maximum absolute atomic E-state index is 12.5. The van der Waals surface area contributed by atoms with E-state index in [-0.39, 0.29) is 6.09 Å². The van der Waals surface area contributed by atoms with Crippen molar-refractivity contribution >= 4 is 29.2 Å². The van der Waals surface area contributed by atoms with Gasteiger partial charge in [-0.05, 0) is 57.3 Å². The lowest BCUT2D eigenvalue weighted by Crippen LogP contribution is -2.48. The number of hydrogen-bond acceptors (Lipinski definition) is 5. The molecule has 2 aliphatic rings. The number of likely N-dealkylation sites (tertiary alicyclic amines) is 1. The first kappa shape index (κ1) is 21.2. The third kappa shape index (κ3) is 4.22. The van der Waals surface area contributed by atoms with Crippen LogP contribution in [-0.2, 0) is 4.74 Å². The van der Waals surface area contributed by atoms with Crippen LogP contribution in [0.5, 0.6) is 0 Å². The number of nitrogens with one attached hydrogen (secondary N) is 1. The van der Waals surface area contributed by atoms with E-state index in [1.165, 1.54) is 0 Å². The summed E-state index contributed by atoms with van der Waals surface area (Å²) in [5.74, 6) is 2.69. The molecule has 2 fully saturated rings. The predicted molar refractivity (Wildman–Crippen MR) is 118 cm³/mol. The monoisotopic (exact) mass is 433 g/mol. The fourth-order valence-corrected chi connectivity index (χ4v) is 5.03. The molecule has 2 bridgehead atoms. The van der Waals surface area contributed by atoms with E-state index in [2.05, 4.69) is 29.2 Å². The topological polar surface area (TPSA) is 71.8 Å². The molecule has 164 valence electrons. The van der Waals surface area contributed by atoms with Gasteiger partial charge in [0.15, 0.2) is 5.65 Å². The number of nitrogens with zero attached hydrogens (tertiary/aromatic N) is 4. The summed E-state index contributed by atoms with van der Waals surface area (Å²) in [6.45, 7) is 12.4. The molecular formula is C22H32ClN5O2. The van der Waals surface area contributed by atoms with E-state index in [1.54, 1.807) is 0 Å². The molecule has 2 unspecified atom stereocenters. The van der Waals surface area contributed by atoms with E-state index in [1.807, 2.05) is 42.4 Å². The van der Waals surface area contributed by atoms with Crippen LogP contribution < -0.4 is 5.32 Å². The Bertz CT molecular complexity index is 921. The molecule has 4 rings (SSSR count). The second-order valence-electron chi connectivity index (χ2n) is 9.98. The van der Waals surface area contributed by atoms with Gasteiger partial charge in [-0.2, -0.15) is 9.61 Å². The van der Waals surface area contributed by atoms with Crippen molar-refractivity contribution in [1.82, 2.24) is 19.5 Å². The Labute approximate surface area is 183 Å². The molecule has 2 aromatic rings. The van der Waals surface area contributed by atoms with E-state index in [9.17, 15) is 4.79 Å². The Morgan fingerprint density at radius 2 is 1.97 bits per heavy atom. The standard InChI is InChI=1S/C22H32ClN5O2/c1-13(2)16-10-25-28-19(8-18(23)26-20(16)28)24-9-17-14-6-7-15(17)12-27(11-14)21(29)30-22(3,4)5/h8,10,13-15,17,24H,6-7,9,11-12H2,1-5H3. The first-order valence-electron chi connectivity index (χ1n) is 10.9. The van der Waals surface area contributed by atoms with Crippen LogP contribution in [0.4, 0.5) is 10.6 Å². The summed E-state index contributed by atoms with van der Waals surface area (Å²) < 4.78 is 7.43. The number of ether oxygens (including phenoxy) is 1. The second-order valence-corrected chi connectivity index (χ2v) is 10.4. The van der Waals surface area contributed by atoms with Crippen molar-refractivity contribution in [2.75, 3.05) is 25.0 Å². The molecule has 1 aliphatic heterocycles. The average Bonchev–Trinajstić information content (AvgIpc) is 3.15. The number of piperidine rings is 1. The fraction of sp³-hybridized carbons (Fsp3) is 0.682. The van der Waals surface area contributed by atoms with E-state index in [0.717, 1.165) is 49.5 Å². The molecule has 0 radical (unpaired) electrons. The molecule has 7 nitrogen and oxygen atoms in total. The minimum Gasteiger partial charge on any atom is -0.444 e.